The molecule has 1 fully saturated rings. The molecule has 0 saturated carbocycles. The van der Waals surface area contributed by atoms with Crippen LogP contribution in [0.5, 0.6) is 0 Å². The summed E-state index contributed by atoms with van der Waals surface area (Å²) >= 11 is 0. The van der Waals surface area contributed by atoms with Gasteiger partial charge in [0.05, 0.1) is 0 Å². The van der Waals surface area contributed by atoms with Crippen molar-refractivity contribution in [1.82, 2.24) is 10.2 Å². The summed E-state index contributed by atoms with van der Waals surface area (Å²) in [5.74, 6) is -0.171. The maximum absolute atomic E-state index is 12.7. The van der Waals surface area contributed by atoms with Crippen LogP contribution in [-0.4, -0.2) is 36.3 Å². The molecule has 0 spiro atoms. The van der Waals surface area contributed by atoms with E-state index in [4.69, 9.17) is 5.73 Å². The molecule has 3 N–H and O–H groups in total. The first-order chi connectivity index (χ1) is 10.2. The Labute approximate surface area is 137 Å². The fraction of sp³-hybridized carbons (Fsp3) is 0.500. The molecule has 5 nitrogen and oxygen atoms in total. The molecule has 2 amide bonds. The van der Waals surface area contributed by atoms with E-state index >= 15 is 0 Å². The molecular formula is C16H24ClN3O2. The summed E-state index contributed by atoms with van der Waals surface area (Å²) in [6, 6.07) is 9.85. The summed E-state index contributed by atoms with van der Waals surface area (Å²) in [6.07, 6.45) is 1.94. The predicted octanol–water partition coefficient (Wildman–Crippen LogP) is 1.31. The fourth-order valence-corrected chi connectivity index (χ4v) is 2.64. The van der Waals surface area contributed by atoms with Gasteiger partial charge in [0.15, 0.2) is 0 Å². The van der Waals surface area contributed by atoms with Crippen LogP contribution in [-0.2, 0) is 16.1 Å². The number of rotatable bonds is 6. The number of carbonyl (C=O) groups is 2. The first kappa shape index (κ1) is 18.5. The molecule has 1 aliphatic rings. The van der Waals surface area contributed by atoms with Gasteiger partial charge in [0.1, 0.15) is 0 Å². The standard InChI is InChI=1S/C16H23N3O2.ClH/c17-15(20)8-11-19(12-13-4-2-1-3-5-13)16(21)14-6-9-18-10-7-14;/h1-5,14,18H,6-12H2,(H2,17,20);1H. The first-order valence-electron chi connectivity index (χ1n) is 7.48. The fourth-order valence-electron chi connectivity index (χ4n) is 2.64. The molecule has 22 heavy (non-hydrogen) atoms. The Balaban J connectivity index is 0.00000242. The second kappa shape index (κ2) is 9.43. The van der Waals surface area contributed by atoms with E-state index in [1.165, 1.54) is 0 Å². The molecule has 1 aliphatic heterocycles. The minimum Gasteiger partial charge on any atom is -0.370 e. The zero-order valence-corrected chi connectivity index (χ0v) is 13.5. The van der Waals surface area contributed by atoms with Crippen molar-refractivity contribution < 1.29 is 9.59 Å². The monoisotopic (exact) mass is 325 g/mol. The van der Waals surface area contributed by atoms with E-state index in [2.05, 4.69) is 5.32 Å². The summed E-state index contributed by atoms with van der Waals surface area (Å²) < 4.78 is 0. The molecule has 1 heterocycles. The Hall–Kier alpha value is -1.59. The molecule has 0 radical (unpaired) electrons. The Kier molecular flexibility index (Phi) is 7.91. The number of halogens is 1. The highest BCUT2D eigenvalue weighted by Gasteiger charge is 2.26. The minimum atomic E-state index is -0.369. The summed E-state index contributed by atoms with van der Waals surface area (Å²) in [4.78, 5) is 25.5. The molecule has 0 atom stereocenters. The second-order valence-corrected chi connectivity index (χ2v) is 5.49. The number of nitrogens with zero attached hydrogens (tertiary/aromatic N) is 1. The summed E-state index contributed by atoms with van der Waals surface area (Å²) in [7, 11) is 0. The summed E-state index contributed by atoms with van der Waals surface area (Å²) in [6.45, 7) is 2.70. The number of piperidine rings is 1. The van der Waals surface area contributed by atoms with Crippen LogP contribution in [0.1, 0.15) is 24.8 Å². The number of amides is 2. The van der Waals surface area contributed by atoms with Crippen molar-refractivity contribution in [3.05, 3.63) is 35.9 Å². The van der Waals surface area contributed by atoms with Crippen LogP contribution in [0.2, 0.25) is 0 Å². The average molecular weight is 326 g/mol. The van der Waals surface area contributed by atoms with Crippen molar-refractivity contribution in [2.75, 3.05) is 19.6 Å². The predicted molar refractivity (Wildman–Crippen MR) is 88.5 cm³/mol. The molecule has 0 bridgehead atoms. The largest absolute Gasteiger partial charge is 0.370 e. The van der Waals surface area contributed by atoms with Gasteiger partial charge in [-0.15, -0.1) is 12.4 Å². The molecule has 1 aromatic carbocycles. The lowest BCUT2D eigenvalue weighted by Crippen LogP contribution is -2.41. The maximum atomic E-state index is 12.7. The van der Waals surface area contributed by atoms with E-state index in [-0.39, 0.29) is 36.6 Å². The van der Waals surface area contributed by atoms with Gasteiger partial charge in [0.25, 0.3) is 0 Å². The van der Waals surface area contributed by atoms with Gasteiger partial charge in [0.2, 0.25) is 11.8 Å². The minimum absolute atomic E-state index is 0. The SMILES string of the molecule is Cl.NC(=O)CCN(Cc1ccccc1)C(=O)C1CCNCC1. The van der Waals surface area contributed by atoms with Crippen LogP contribution in [0.25, 0.3) is 0 Å². The first-order valence-corrected chi connectivity index (χ1v) is 7.48. The molecule has 0 aliphatic carbocycles. The third-order valence-electron chi connectivity index (χ3n) is 3.84. The van der Waals surface area contributed by atoms with Crippen LogP contribution < -0.4 is 11.1 Å². The molecule has 6 heteroatoms. The van der Waals surface area contributed by atoms with Gasteiger partial charge in [-0.05, 0) is 31.5 Å². The number of hydrogen-bond donors (Lipinski definition) is 2. The van der Waals surface area contributed by atoms with E-state index in [0.29, 0.717) is 13.1 Å². The molecule has 0 aromatic heterocycles. The van der Waals surface area contributed by atoms with Gasteiger partial charge >= 0.3 is 0 Å². The zero-order valence-electron chi connectivity index (χ0n) is 12.7. The number of carbonyl (C=O) groups excluding carboxylic acids is 2. The molecule has 122 valence electrons. The number of primary amides is 1. The second-order valence-electron chi connectivity index (χ2n) is 5.49. The van der Waals surface area contributed by atoms with E-state index in [9.17, 15) is 9.59 Å². The van der Waals surface area contributed by atoms with Gasteiger partial charge in [-0.25, -0.2) is 0 Å². The Morgan fingerprint density at radius 3 is 2.41 bits per heavy atom. The topological polar surface area (TPSA) is 75.4 Å². The van der Waals surface area contributed by atoms with Crippen LogP contribution in [0.15, 0.2) is 30.3 Å². The quantitative estimate of drug-likeness (QED) is 0.828. The Morgan fingerprint density at radius 2 is 1.82 bits per heavy atom. The third kappa shape index (κ3) is 5.66. The highest BCUT2D eigenvalue weighted by molar-refractivity contribution is 5.85. The molecule has 0 unspecified atom stereocenters. The lowest BCUT2D eigenvalue weighted by atomic mass is 9.96. The number of nitrogens with one attached hydrogen (secondary N) is 1. The van der Waals surface area contributed by atoms with Crippen molar-refractivity contribution in [1.29, 1.82) is 0 Å². The van der Waals surface area contributed by atoms with Gasteiger partial charge in [0, 0.05) is 25.4 Å². The number of hydrogen-bond acceptors (Lipinski definition) is 3. The van der Waals surface area contributed by atoms with E-state index in [0.717, 1.165) is 31.5 Å². The van der Waals surface area contributed by atoms with Gasteiger partial charge in [-0.3, -0.25) is 9.59 Å². The summed E-state index contributed by atoms with van der Waals surface area (Å²) in [5.41, 5.74) is 6.30. The van der Waals surface area contributed by atoms with Crippen molar-refractivity contribution in [2.45, 2.75) is 25.8 Å². The highest BCUT2D eigenvalue weighted by atomic mass is 35.5. The van der Waals surface area contributed by atoms with Crippen molar-refractivity contribution in [3.63, 3.8) is 0 Å². The smallest absolute Gasteiger partial charge is 0.226 e. The average Bonchev–Trinajstić information content (AvgIpc) is 2.52. The molecule has 2 rings (SSSR count). The summed E-state index contributed by atoms with van der Waals surface area (Å²) in [5, 5.41) is 3.26. The van der Waals surface area contributed by atoms with Crippen LogP contribution in [0, 0.1) is 5.92 Å². The lowest BCUT2D eigenvalue weighted by Gasteiger charge is -2.29. The van der Waals surface area contributed by atoms with Crippen LogP contribution >= 0.6 is 12.4 Å². The lowest BCUT2D eigenvalue weighted by molar-refractivity contribution is -0.137. The Morgan fingerprint density at radius 1 is 1.18 bits per heavy atom. The van der Waals surface area contributed by atoms with Crippen molar-refractivity contribution >= 4 is 24.2 Å². The van der Waals surface area contributed by atoms with Crippen LogP contribution in [0.3, 0.4) is 0 Å². The third-order valence-corrected chi connectivity index (χ3v) is 3.84. The van der Waals surface area contributed by atoms with E-state index < -0.39 is 0 Å². The van der Waals surface area contributed by atoms with Gasteiger partial charge < -0.3 is 16.0 Å². The van der Waals surface area contributed by atoms with Crippen molar-refractivity contribution in [3.8, 4) is 0 Å². The maximum Gasteiger partial charge on any atom is 0.226 e. The van der Waals surface area contributed by atoms with Gasteiger partial charge in [-0.2, -0.15) is 0 Å². The molecule has 1 saturated heterocycles. The van der Waals surface area contributed by atoms with Crippen molar-refractivity contribution in [2.24, 2.45) is 11.7 Å². The van der Waals surface area contributed by atoms with Crippen LogP contribution in [0.4, 0.5) is 0 Å². The highest BCUT2D eigenvalue weighted by Crippen LogP contribution is 2.17. The number of benzene rings is 1. The Bertz CT molecular complexity index is 476. The normalized spacial score (nSPS) is 14.9. The molecule has 1 aromatic rings. The van der Waals surface area contributed by atoms with E-state index in [1.54, 1.807) is 4.90 Å². The molecular weight excluding hydrogens is 302 g/mol. The van der Waals surface area contributed by atoms with E-state index in [1.807, 2.05) is 30.3 Å². The van der Waals surface area contributed by atoms with Gasteiger partial charge in [-0.1, -0.05) is 30.3 Å². The number of nitrogens with two attached hydrogens (primary N) is 1. The zero-order chi connectivity index (χ0) is 15.1.